The highest BCUT2D eigenvalue weighted by molar-refractivity contribution is 7.18. The van der Waals surface area contributed by atoms with Gasteiger partial charge in [0, 0.05) is 24.5 Å². The molecule has 0 spiro atoms. The Labute approximate surface area is 157 Å². The van der Waals surface area contributed by atoms with Crippen LogP contribution in [0.5, 0.6) is 0 Å². The SMILES string of the molecule is CCn1c(N2CCc3ccccc3C2)nc2sc3c(c2c1=O)CCCC3. The number of hydrogen-bond donors (Lipinski definition) is 0. The molecular formula is C21H23N3OS. The predicted molar refractivity (Wildman–Crippen MR) is 107 cm³/mol. The first-order valence-electron chi connectivity index (χ1n) is 9.63. The van der Waals surface area contributed by atoms with E-state index in [1.165, 1.54) is 34.4 Å². The van der Waals surface area contributed by atoms with Gasteiger partial charge >= 0.3 is 0 Å². The summed E-state index contributed by atoms with van der Waals surface area (Å²) in [5.74, 6) is 0.845. The second-order valence-corrected chi connectivity index (χ2v) is 8.38. The second-order valence-electron chi connectivity index (χ2n) is 7.29. The minimum Gasteiger partial charge on any atom is -0.337 e. The maximum absolute atomic E-state index is 13.3. The quantitative estimate of drug-likeness (QED) is 0.691. The fraction of sp³-hybridized carbons (Fsp3) is 0.429. The van der Waals surface area contributed by atoms with Gasteiger partial charge in [0.1, 0.15) is 4.83 Å². The molecule has 0 saturated carbocycles. The van der Waals surface area contributed by atoms with E-state index in [9.17, 15) is 4.79 Å². The Bertz CT molecular complexity index is 1050. The lowest BCUT2D eigenvalue weighted by Gasteiger charge is -2.31. The summed E-state index contributed by atoms with van der Waals surface area (Å²) in [7, 11) is 0. The molecule has 0 radical (unpaired) electrons. The third kappa shape index (κ3) is 2.41. The molecule has 5 heteroatoms. The molecule has 0 N–H and O–H groups in total. The summed E-state index contributed by atoms with van der Waals surface area (Å²) in [6, 6.07) is 8.61. The number of fused-ring (bicyclic) bond motifs is 4. The molecule has 1 aliphatic heterocycles. The summed E-state index contributed by atoms with van der Waals surface area (Å²) in [4.78, 5) is 22.9. The first kappa shape index (κ1) is 16.1. The zero-order chi connectivity index (χ0) is 17.7. The van der Waals surface area contributed by atoms with E-state index in [0.29, 0.717) is 6.54 Å². The number of aryl methyl sites for hydroxylation is 2. The molecule has 5 rings (SSSR count). The molecule has 0 unspecified atom stereocenters. The molecule has 0 amide bonds. The zero-order valence-electron chi connectivity index (χ0n) is 15.1. The van der Waals surface area contributed by atoms with Gasteiger partial charge < -0.3 is 4.90 Å². The van der Waals surface area contributed by atoms with Crippen LogP contribution >= 0.6 is 11.3 Å². The maximum Gasteiger partial charge on any atom is 0.263 e. The Kier molecular flexibility index (Phi) is 3.85. The van der Waals surface area contributed by atoms with Crippen molar-refractivity contribution in [2.75, 3.05) is 11.4 Å². The third-order valence-electron chi connectivity index (χ3n) is 5.78. The Balaban J connectivity index is 1.65. The molecule has 1 aromatic carbocycles. The van der Waals surface area contributed by atoms with Crippen molar-refractivity contribution < 1.29 is 0 Å². The summed E-state index contributed by atoms with van der Waals surface area (Å²) in [6.07, 6.45) is 5.57. The molecule has 3 aromatic rings. The lowest BCUT2D eigenvalue weighted by Crippen LogP contribution is -2.36. The van der Waals surface area contributed by atoms with Gasteiger partial charge in [-0.2, -0.15) is 0 Å². The van der Waals surface area contributed by atoms with Gasteiger partial charge in [-0.05, 0) is 55.7 Å². The van der Waals surface area contributed by atoms with Crippen molar-refractivity contribution in [2.45, 2.75) is 52.1 Å². The highest BCUT2D eigenvalue weighted by Crippen LogP contribution is 2.35. The van der Waals surface area contributed by atoms with Crippen molar-refractivity contribution in [2.24, 2.45) is 0 Å². The maximum atomic E-state index is 13.3. The van der Waals surface area contributed by atoms with Crippen LogP contribution in [0.2, 0.25) is 0 Å². The van der Waals surface area contributed by atoms with Gasteiger partial charge in [0.25, 0.3) is 5.56 Å². The molecule has 0 bridgehead atoms. The summed E-state index contributed by atoms with van der Waals surface area (Å²) in [6.45, 7) is 4.47. The number of hydrogen-bond acceptors (Lipinski definition) is 4. The Hall–Kier alpha value is -2.14. The second kappa shape index (κ2) is 6.23. The summed E-state index contributed by atoms with van der Waals surface area (Å²) in [5, 5.41) is 0.896. The van der Waals surface area contributed by atoms with Gasteiger partial charge in [0.2, 0.25) is 5.95 Å². The van der Waals surface area contributed by atoms with E-state index >= 15 is 0 Å². The monoisotopic (exact) mass is 365 g/mol. The molecule has 2 aromatic heterocycles. The van der Waals surface area contributed by atoms with E-state index in [1.807, 2.05) is 4.57 Å². The first-order chi connectivity index (χ1) is 12.8. The normalized spacial score (nSPS) is 16.6. The molecule has 3 heterocycles. The smallest absolute Gasteiger partial charge is 0.263 e. The number of aromatic nitrogens is 2. The van der Waals surface area contributed by atoms with Crippen LogP contribution in [0, 0.1) is 0 Å². The van der Waals surface area contributed by atoms with Crippen molar-refractivity contribution in [3.63, 3.8) is 0 Å². The van der Waals surface area contributed by atoms with Crippen LogP contribution in [0.15, 0.2) is 29.1 Å². The lowest BCUT2D eigenvalue weighted by molar-refractivity contribution is 0.639. The average Bonchev–Trinajstić information content (AvgIpc) is 3.06. The summed E-state index contributed by atoms with van der Waals surface area (Å²) in [5.41, 5.74) is 4.21. The summed E-state index contributed by atoms with van der Waals surface area (Å²) >= 11 is 1.75. The zero-order valence-corrected chi connectivity index (χ0v) is 15.9. The van der Waals surface area contributed by atoms with Gasteiger partial charge in [-0.1, -0.05) is 24.3 Å². The largest absolute Gasteiger partial charge is 0.337 e. The fourth-order valence-corrected chi connectivity index (χ4v) is 5.67. The number of nitrogens with zero attached hydrogens (tertiary/aromatic N) is 3. The summed E-state index contributed by atoms with van der Waals surface area (Å²) < 4.78 is 1.89. The van der Waals surface area contributed by atoms with Gasteiger partial charge in [0.05, 0.1) is 5.39 Å². The standard InChI is InChI=1S/C21H23N3OS/c1-2-24-20(25)18-16-9-5-6-10-17(16)26-19(18)22-21(24)23-12-11-14-7-3-4-8-15(14)13-23/h3-4,7-8H,2,5-6,9-13H2,1H3. The van der Waals surface area contributed by atoms with E-state index in [1.54, 1.807) is 11.3 Å². The molecule has 134 valence electrons. The van der Waals surface area contributed by atoms with E-state index in [2.05, 4.69) is 36.1 Å². The number of anilines is 1. The van der Waals surface area contributed by atoms with Gasteiger partial charge in [-0.15, -0.1) is 11.3 Å². The van der Waals surface area contributed by atoms with Crippen molar-refractivity contribution >= 4 is 27.5 Å². The molecular weight excluding hydrogens is 342 g/mol. The van der Waals surface area contributed by atoms with E-state index in [0.717, 1.165) is 48.5 Å². The lowest BCUT2D eigenvalue weighted by atomic mass is 9.97. The predicted octanol–water partition coefficient (Wildman–Crippen LogP) is 3.92. The fourth-order valence-electron chi connectivity index (χ4n) is 4.42. The first-order valence-corrected chi connectivity index (χ1v) is 10.4. The number of benzene rings is 1. The molecule has 2 aliphatic rings. The van der Waals surface area contributed by atoms with E-state index < -0.39 is 0 Å². The minimum atomic E-state index is 0.158. The van der Waals surface area contributed by atoms with Gasteiger partial charge in [0.15, 0.2) is 0 Å². The molecule has 1 aliphatic carbocycles. The van der Waals surface area contributed by atoms with Crippen LogP contribution in [0.4, 0.5) is 5.95 Å². The van der Waals surface area contributed by atoms with Gasteiger partial charge in [-0.3, -0.25) is 9.36 Å². The minimum absolute atomic E-state index is 0.158. The Morgan fingerprint density at radius 2 is 1.92 bits per heavy atom. The molecule has 26 heavy (non-hydrogen) atoms. The molecule has 0 fully saturated rings. The Morgan fingerprint density at radius 3 is 2.77 bits per heavy atom. The third-order valence-corrected chi connectivity index (χ3v) is 6.97. The molecule has 4 nitrogen and oxygen atoms in total. The van der Waals surface area contributed by atoms with Crippen molar-refractivity contribution in [3.8, 4) is 0 Å². The number of rotatable bonds is 2. The van der Waals surface area contributed by atoms with E-state index in [-0.39, 0.29) is 5.56 Å². The number of thiophene rings is 1. The van der Waals surface area contributed by atoms with E-state index in [4.69, 9.17) is 4.98 Å². The van der Waals surface area contributed by atoms with Crippen molar-refractivity contribution in [1.82, 2.24) is 9.55 Å². The van der Waals surface area contributed by atoms with Crippen LogP contribution in [0.25, 0.3) is 10.2 Å². The van der Waals surface area contributed by atoms with Crippen molar-refractivity contribution in [1.29, 1.82) is 0 Å². The van der Waals surface area contributed by atoms with Crippen molar-refractivity contribution in [3.05, 3.63) is 56.2 Å². The van der Waals surface area contributed by atoms with Crippen LogP contribution in [0.1, 0.15) is 41.3 Å². The van der Waals surface area contributed by atoms with Crippen LogP contribution < -0.4 is 10.5 Å². The topological polar surface area (TPSA) is 38.1 Å². The van der Waals surface area contributed by atoms with Crippen LogP contribution in [0.3, 0.4) is 0 Å². The Morgan fingerprint density at radius 1 is 1.12 bits per heavy atom. The molecule has 0 saturated heterocycles. The highest BCUT2D eigenvalue weighted by Gasteiger charge is 2.25. The van der Waals surface area contributed by atoms with Crippen LogP contribution in [-0.4, -0.2) is 16.1 Å². The van der Waals surface area contributed by atoms with Gasteiger partial charge in [-0.25, -0.2) is 4.98 Å². The highest BCUT2D eigenvalue weighted by atomic mass is 32.1. The van der Waals surface area contributed by atoms with Crippen LogP contribution in [-0.2, 0) is 32.4 Å². The molecule has 0 atom stereocenters. The average molecular weight is 366 g/mol.